The highest BCUT2D eigenvalue weighted by Crippen LogP contribution is 2.08. The van der Waals surface area contributed by atoms with Crippen molar-refractivity contribution in [2.75, 3.05) is 0 Å². The summed E-state index contributed by atoms with van der Waals surface area (Å²) in [7, 11) is 0. The largest absolute Gasteiger partial charge is 0.261 e. The first-order valence-corrected chi connectivity index (χ1v) is 4.69. The number of hydrogen-bond acceptors (Lipinski definition) is 1. The molecule has 0 fully saturated rings. The summed E-state index contributed by atoms with van der Waals surface area (Å²) in [6.07, 6.45) is 1.81. The van der Waals surface area contributed by atoms with E-state index in [1.807, 2.05) is 19.2 Å². The lowest BCUT2D eigenvalue weighted by atomic mass is 10.0. The Hall–Kier alpha value is -0.850. The van der Waals surface area contributed by atoms with Crippen molar-refractivity contribution in [2.45, 2.75) is 41.5 Å². The fourth-order valence-corrected chi connectivity index (χ4v) is 0.565. The number of pyridine rings is 1. The molecule has 0 aromatic carbocycles. The Labute approximate surface area is 82.2 Å². The lowest BCUT2D eigenvalue weighted by molar-refractivity contribution is 0.469. The molecule has 0 unspecified atom stereocenters. The van der Waals surface area contributed by atoms with Crippen LogP contribution in [0.15, 0.2) is 18.3 Å². The van der Waals surface area contributed by atoms with E-state index in [0.717, 1.165) is 5.69 Å². The van der Waals surface area contributed by atoms with Gasteiger partial charge in [0.25, 0.3) is 0 Å². The van der Waals surface area contributed by atoms with Crippen LogP contribution in [0.5, 0.6) is 0 Å². The molecule has 1 rings (SSSR count). The predicted molar refractivity (Wildman–Crippen MR) is 58.8 cm³/mol. The van der Waals surface area contributed by atoms with E-state index in [2.05, 4.69) is 45.7 Å². The molecule has 1 heteroatoms. The second kappa shape index (κ2) is 5.00. The molecule has 74 valence electrons. The average Bonchev–Trinajstić information content (AvgIpc) is 1.92. The van der Waals surface area contributed by atoms with E-state index in [1.54, 1.807) is 0 Å². The predicted octanol–water partition coefficient (Wildman–Crippen LogP) is 3.75. The third-order valence-electron chi connectivity index (χ3n) is 1.27. The topological polar surface area (TPSA) is 12.9 Å². The summed E-state index contributed by atoms with van der Waals surface area (Å²) in [5.74, 6) is 0. The van der Waals surface area contributed by atoms with Crippen LogP contribution in [-0.2, 0) is 0 Å². The van der Waals surface area contributed by atoms with Crippen LogP contribution in [0.3, 0.4) is 0 Å². The van der Waals surface area contributed by atoms with Gasteiger partial charge in [-0.3, -0.25) is 4.98 Å². The quantitative estimate of drug-likeness (QED) is 0.591. The zero-order valence-corrected chi connectivity index (χ0v) is 9.68. The maximum atomic E-state index is 4.08. The third-order valence-corrected chi connectivity index (χ3v) is 1.27. The van der Waals surface area contributed by atoms with Gasteiger partial charge in [0.2, 0.25) is 0 Å². The van der Waals surface area contributed by atoms with Crippen molar-refractivity contribution >= 4 is 0 Å². The third kappa shape index (κ3) is 9.06. The summed E-state index contributed by atoms with van der Waals surface area (Å²) in [5.41, 5.74) is 2.88. The van der Waals surface area contributed by atoms with Crippen molar-refractivity contribution in [3.63, 3.8) is 0 Å². The number of aryl methyl sites for hydroxylation is 2. The van der Waals surface area contributed by atoms with E-state index < -0.39 is 0 Å². The van der Waals surface area contributed by atoms with Crippen LogP contribution in [-0.4, -0.2) is 4.98 Å². The van der Waals surface area contributed by atoms with E-state index in [-0.39, 0.29) is 0 Å². The Morgan fingerprint density at radius 2 is 1.54 bits per heavy atom. The molecule has 1 nitrogen and oxygen atoms in total. The summed E-state index contributed by atoms with van der Waals surface area (Å²) >= 11 is 0. The van der Waals surface area contributed by atoms with Crippen LogP contribution in [0, 0.1) is 19.3 Å². The van der Waals surface area contributed by atoms with Crippen molar-refractivity contribution in [1.82, 2.24) is 4.98 Å². The van der Waals surface area contributed by atoms with Crippen molar-refractivity contribution in [3.8, 4) is 0 Å². The van der Waals surface area contributed by atoms with Gasteiger partial charge in [-0.05, 0) is 30.9 Å². The van der Waals surface area contributed by atoms with Crippen LogP contribution in [0.1, 0.15) is 39.0 Å². The van der Waals surface area contributed by atoms with Gasteiger partial charge >= 0.3 is 0 Å². The fourth-order valence-electron chi connectivity index (χ4n) is 0.565. The van der Waals surface area contributed by atoms with E-state index in [0.29, 0.717) is 5.41 Å². The summed E-state index contributed by atoms with van der Waals surface area (Å²) in [4.78, 5) is 4.08. The van der Waals surface area contributed by atoms with Crippen LogP contribution in [0.2, 0.25) is 0 Å². The van der Waals surface area contributed by atoms with Gasteiger partial charge in [-0.2, -0.15) is 0 Å². The molecular formula is C12H21N. The number of aromatic nitrogens is 1. The lowest BCUT2D eigenvalue weighted by Crippen LogP contribution is -1.93. The summed E-state index contributed by atoms with van der Waals surface area (Å²) in [6, 6.07) is 4.00. The molecule has 0 spiro atoms. The second-order valence-corrected chi connectivity index (χ2v) is 4.91. The molecule has 0 aliphatic carbocycles. The van der Waals surface area contributed by atoms with Gasteiger partial charge in [0.05, 0.1) is 0 Å². The molecule has 1 heterocycles. The minimum atomic E-state index is 0.500. The van der Waals surface area contributed by atoms with E-state index in [1.165, 1.54) is 5.56 Å². The second-order valence-electron chi connectivity index (χ2n) is 4.91. The smallest absolute Gasteiger partial charge is 0.0401 e. The van der Waals surface area contributed by atoms with Crippen LogP contribution >= 0.6 is 0 Å². The summed E-state index contributed by atoms with van der Waals surface area (Å²) in [6.45, 7) is 12.8. The van der Waals surface area contributed by atoms with E-state index in [4.69, 9.17) is 0 Å². The zero-order valence-electron chi connectivity index (χ0n) is 9.68. The molecule has 0 saturated carbocycles. The van der Waals surface area contributed by atoms with Crippen molar-refractivity contribution < 1.29 is 0 Å². The molecule has 0 aliphatic heterocycles. The highest BCUT2D eigenvalue weighted by Gasteiger charge is 1.95. The van der Waals surface area contributed by atoms with Gasteiger partial charge in [-0.25, -0.2) is 0 Å². The summed E-state index contributed by atoms with van der Waals surface area (Å²) in [5, 5.41) is 0. The molecule has 1 aromatic rings. The maximum Gasteiger partial charge on any atom is 0.0401 e. The first-order valence-electron chi connectivity index (χ1n) is 4.69. The van der Waals surface area contributed by atoms with Gasteiger partial charge < -0.3 is 0 Å². The molecule has 13 heavy (non-hydrogen) atoms. The average molecular weight is 179 g/mol. The standard InChI is InChI=1S/C7H9N.C5H12/c1-6-4-3-5-8-7(6)2;1-5(2,3)4/h3-5H,1-2H3;1-4H3. The minimum Gasteiger partial charge on any atom is -0.261 e. The molecule has 0 aliphatic rings. The molecule has 0 amide bonds. The van der Waals surface area contributed by atoms with Crippen LogP contribution in [0.25, 0.3) is 0 Å². The SMILES string of the molecule is CC(C)(C)C.Cc1cccnc1C. The van der Waals surface area contributed by atoms with Crippen LogP contribution < -0.4 is 0 Å². The van der Waals surface area contributed by atoms with Gasteiger partial charge in [-0.1, -0.05) is 33.8 Å². The normalized spacial score (nSPS) is 10.3. The molecule has 0 atom stereocenters. The Morgan fingerprint density at radius 3 is 1.77 bits per heavy atom. The van der Waals surface area contributed by atoms with Crippen LogP contribution in [0.4, 0.5) is 0 Å². The zero-order chi connectivity index (χ0) is 10.5. The molecule has 0 saturated heterocycles. The number of hydrogen-bond donors (Lipinski definition) is 0. The van der Waals surface area contributed by atoms with Gasteiger partial charge in [-0.15, -0.1) is 0 Å². The first kappa shape index (κ1) is 12.2. The number of nitrogens with zero attached hydrogens (tertiary/aromatic N) is 1. The van der Waals surface area contributed by atoms with Gasteiger partial charge in [0.1, 0.15) is 0 Å². The number of rotatable bonds is 0. The monoisotopic (exact) mass is 179 g/mol. The maximum absolute atomic E-state index is 4.08. The highest BCUT2D eigenvalue weighted by atomic mass is 14.6. The first-order chi connectivity index (χ1) is 5.80. The van der Waals surface area contributed by atoms with Gasteiger partial charge in [0, 0.05) is 11.9 Å². The summed E-state index contributed by atoms with van der Waals surface area (Å²) < 4.78 is 0. The Morgan fingerprint density at radius 1 is 1.08 bits per heavy atom. The fraction of sp³-hybridized carbons (Fsp3) is 0.583. The Balaban J connectivity index is 0.000000252. The minimum absolute atomic E-state index is 0.500. The molecule has 0 radical (unpaired) electrons. The van der Waals surface area contributed by atoms with Crippen molar-refractivity contribution in [2.24, 2.45) is 5.41 Å². The van der Waals surface area contributed by atoms with E-state index in [9.17, 15) is 0 Å². The lowest BCUT2D eigenvalue weighted by Gasteiger charge is -2.05. The highest BCUT2D eigenvalue weighted by molar-refractivity contribution is 5.15. The Bertz CT molecular complexity index is 219. The van der Waals surface area contributed by atoms with Crippen molar-refractivity contribution in [3.05, 3.63) is 29.6 Å². The van der Waals surface area contributed by atoms with Crippen molar-refractivity contribution in [1.29, 1.82) is 0 Å². The van der Waals surface area contributed by atoms with Gasteiger partial charge in [0.15, 0.2) is 0 Å². The Kier molecular flexibility index (Phi) is 4.68. The van der Waals surface area contributed by atoms with E-state index >= 15 is 0 Å². The molecule has 0 bridgehead atoms. The molecular weight excluding hydrogens is 158 g/mol. The molecule has 0 N–H and O–H groups in total. The molecule has 1 aromatic heterocycles.